The Hall–Kier alpha value is -3.91. The summed E-state index contributed by atoms with van der Waals surface area (Å²) in [5.41, 5.74) is 2.44. The summed E-state index contributed by atoms with van der Waals surface area (Å²) in [6.45, 7) is 0.0429. The molecule has 0 spiro atoms. The van der Waals surface area contributed by atoms with E-state index in [0.717, 1.165) is 5.56 Å². The third-order valence-corrected chi connectivity index (χ3v) is 5.45. The Morgan fingerprint density at radius 3 is 2.39 bits per heavy atom. The van der Waals surface area contributed by atoms with E-state index in [9.17, 15) is 14.4 Å². The maximum atomic E-state index is 12.7. The van der Waals surface area contributed by atoms with Gasteiger partial charge >= 0.3 is 6.03 Å². The van der Waals surface area contributed by atoms with Crippen LogP contribution in [0.1, 0.15) is 11.1 Å². The molecule has 1 heterocycles. The highest BCUT2D eigenvalue weighted by Crippen LogP contribution is 2.27. The summed E-state index contributed by atoms with van der Waals surface area (Å²) >= 11 is 3.43. The number of urea groups is 1. The lowest BCUT2D eigenvalue weighted by Gasteiger charge is -2.11. The monoisotopic (exact) mass is 505 g/mol. The first-order valence-corrected chi connectivity index (χ1v) is 10.9. The van der Waals surface area contributed by atoms with Gasteiger partial charge in [0.2, 0.25) is 0 Å². The molecule has 0 unspecified atom stereocenters. The SMILES string of the molecule is O=C(COc1ccc(/C=C2/NC(=O)N(Cc3ccccc3)C2=O)cc1Br)Nc1ccccc1. The molecular formula is C25H20BrN3O4. The van der Waals surface area contributed by atoms with Crippen molar-refractivity contribution in [1.82, 2.24) is 10.2 Å². The highest BCUT2D eigenvalue weighted by atomic mass is 79.9. The largest absolute Gasteiger partial charge is 0.483 e. The van der Waals surface area contributed by atoms with Gasteiger partial charge in [0.25, 0.3) is 11.8 Å². The van der Waals surface area contributed by atoms with Gasteiger partial charge in [-0.2, -0.15) is 0 Å². The number of nitrogens with one attached hydrogen (secondary N) is 2. The van der Waals surface area contributed by atoms with Crippen molar-refractivity contribution in [2.75, 3.05) is 11.9 Å². The molecule has 4 amide bonds. The van der Waals surface area contributed by atoms with E-state index in [1.165, 1.54) is 4.90 Å². The van der Waals surface area contributed by atoms with E-state index >= 15 is 0 Å². The quantitative estimate of drug-likeness (QED) is 0.364. The summed E-state index contributed by atoms with van der Waals surface area (Å²) in [7, 11) is 0. The number of carbonyl (C=O) groups is 3. The van der Waals surface area contributed by atoms with Gasteiger partial charge in [0.1, 0.15) is 11.4 Å². The molecule has 1 aliphatic rings. The van der Waals surface area contributed by atoms with Crippen molar-refractivity contribution in [2.45, 2.75) is 6.54 Å². The normalized spacial score (nSPS) is 14.3. The number of halogens is 1. The van der Waals surface area contributed by atoms with Crippen LogP contribution in [0, 0.1) is 0 Å². The topological polar surface area (TPSA) is 87.7 Å². The minimum Gasteiger partial charge on any atom is -0.483 e. The van der Waals surface area contributed by atoms with E-state index in [2.05, 4.69) is 26.6 Å². The van der Waals surface area contributed by atoms with Crippen LogP contribution in [0.3, 0.4) is 0 Å². The molecule has 0 radical (unpaired) electrons. The Bertz CT molecular complexity index is 1210. The maximum absolute atomic E-state index is 12.7. The standard InChI is InChI=1S/C25H20BrN3O4/c26-20-13-18(11-12-22(20)33-16-23(30)27-19-9-5-2-6-10-19)14-21-24(31)29(25(32)28-21)15-17-7-3-1-4-8-17/h1-14H,15-16H2,(H,27,30)(H,28,32)/b21-14+. The first-order valence-electron chi connectivity index (χ1n) is 10.2. The molecule has 0 aromatic heterocycles. The van der Waals surface area contributed by atoms with E-state index in [1.807, 2.05) is 48.5 Å². The van der Waals surface area contributed by atoms with Crippen molar-refractivity contribution in [3.63, 3.8) is 0 Å². The van der Waals surface area contributed by atoms with Gasteiger partial charge in [-0.1, -0.05) is 54.6 Å². The minimum absolute atomic E-state index is 0.156. The number of nitrogens with zero attached hydrogens (tertiary/aromatic N) is 1. The molecule has 1 saturated heterocycles. The fraction of sp³-hybridized carbons (Fsp3) is 0.0800. The number of hydrogen-bond donors (Lipinski definition) is 2. The molecule has 8 heteroatoms. The smallest absolute Gasteiger partial charge is 0.329 e. The van der Waals surface area contributed by atoms with E-state index < -0.39 is 11.9 Å². The lowest BCUT2D eigenvalue weighted by Crippen LogP contribution is -2.30. The van der Waals surface area contributed by atoms with Gasteiger partial charge in [-0.15, -0.1) is 0 Å². The Morgan fingerprint density at radius 2 is 1.70 bits per heavy atom. The van der Waals surface area contributed by atoms with Gasteiger partial charge in [-0.3, -0.25) is 14.5 Å². The molecule has 3 aromatic rings. The number of carbonyl (C=O) groups excluding carboxylic acids is 3. The maximum Gasteiger partial charge on any atom is 0.329 e. The van der Waals surface area contributed by atoms with Crippen LogP contribution >= 0.6 is 15.9 Å². The van der Waals surface area contributed by atoms with Crippen molar-refractivity contribution in [1.29, 1.82) is 0 Å². The summed E-state index contributed by atoms with van der Waals surface area (Å²) in [6.07, 6.45) is 1.60. The van der Waals surface area contributed by atoms with Crippen LogP contribution in [-0.2, 0) is 16.1 Å². The Morgan fingerprint density at radius 1 is 1.00 bits per heavy atom. The summed E-state index contributed by atoms with van der Waals surface area (Å²) in [5.74, 6) is -0.192. The number of ether oxygens (including phenoxy) is 1. The van der Waals surface area contributed by atoms with Crippen LogP contribution in [-0.4, -0.2) is 29.4 Å². The lowest BCUT2D eigenvalue weighted by molar-refractivity contribution is -0.123. The van der Waals surface area contributed by atoms with Crippen LogP contribution in [0.5, 0.6) is 5.75 Å². The zero-order chi connectivity index (χ0) is 23.2. The van der Waals surface area contributed by atoms with Gasteiger partial charge in [-0.25, -0.2) is 4.79 Å². The lowest BCUT2D eigenvalue weighted by atomic mass is 10.1. The second-order valence-corrected chi connectivity index (χ2v) is 8.11. The highest BCUT2D eigenvalue weighted by Gasteiger charge is 2.33. The molecule has 0 aliphatic carbocycles. The van der Waals surface area contributed by atoms with Gasteiger partial charge in [0, 0.05) is 5.69 Å². The Balaban J connectivity index is 1.39. The minimum atomic E-state index is -0.460. The predicted octanol–water partition coefficient (Wildman–Crippen LogP) is 4.56. The molecule has 3 aromatic carbocycles. The van der Waals surface area contributed by atoms with Crippen molar-refractivity contribution in [3.05, 3.63) is 100 Å². The molecule has 7 nitrogen and oxygen atoms in total. The first kappa shape index (κ1) is 22.3. The first-order chi connectivity index (χ1) is 16.0. The Labute approximate surface area is 199 Å². The van der Waals surface area contributed by atoms with E-state index in [1.54, 1.807) is 36.4 Å². The van der Waals surface area contributed by atoms with Gasteiger partial charge in [0.15, 0.2) is 6.61 Å². The van der Waals surface area contributed by atoms with Crippen LogP contribution in [0.25, 0.3) is 6.08 Å². The van der Waals surface area contributed by atoms with Crippen molar-refractivity contribution >= 4 is 45.5 Å². The molecule has 0 atom stereocenters. The number of para-hydroxylation sites is 1. The number of rotatable bonds is 7. The second-order valence-electron chi connectivity index (χ2n) is 7.26. The van der Waals surface area contributed by atoms with E-state index in [4.69, 9.17) is 4.74 Å². The van der Waals surface area contributed by atoms with Crippen molar-refractivity contribution < 1.29 is 19.1 Å². The summed E-state index contributed by atoms with van der Waals surface area (Å²) < 4.78 is 6.21. The molecule has 1 fully saturated rings. The molecule has 0 saturated carbocycles. The number of hydrogen-bond acceptors (Lipinski definition) is 4. The third-order valence-electron chi connectivity index (χ3n) is 4.83. The number of benzene rings is 3. The zero-order valence-corrected chi connectivity index (χ0v) is 19.0. The number of anilines is 1. The van der Waals surface area contributed by atoms with Gasteiger partial charge in [-0.05, 0) is 57.4 Å². The predicted molar refractivity (Wildman–Crippen MR) is 128 cm³/mol. The zero-order valence-electron chi connectivity index (χ0n) is 17.5. The van der Waals surface area contributed by atoms with Crippen LogP contribution in [0.15, 0.2) is 89.0 Å². The van der Waals surface area contributed by atoms with Crippen LogP contribution in [0.2, 0.25) is 0 Å². The fourth-order valence-corrected chi connectivity index (χ4v) is 3.74. The van der Waals surface area contributed by atoms with Crippen LogP contribution in [0.4, 0.5) is 10.5 Å². The summed E-state index contributed by atoms with van der Waals surface area (Å²) in [5, 5.41) is 5.37. The highest BCUT2D eigenvalue weighted by molar-refractivity contribution is 9.10. The van der Waals surface area contributed by atoms with Crippen molar-refractivity contribution in [3.8, 4) is 5.75 Å². The number of imide groups is 1. The molecule has 0 bridgehead atoms. The van der Waals surface area contributed by atoms with Gasteiger partial charge in [0.05, 0.1) is 11.0 Å². The van der Waals surface area contributed by atoms with Gasteiger partial charge < -0.3 is 15.4 Å². The molecule has 4 rings (SSSR count). The van der Waals surface area contributed by atoms with Crippen LogP contribution < -0.4 is 15.4 Å². The Kier molecular flexibility index (Phi) is 6.85. The average Bonchev–Trinajstić information content (AvgIpc) is 3.07. The molecular weight excluding hydrogens is 486 g/mol. The molecule has 166 valence electrons. The third kappa shape index (κ3) is 5.67. The molecule has 1 aliphatic heterocycles. The van der Waals surface area contributed by atoms with Crippen molar-refractivity contribution in [2.24, 2.45) is 0 Å². The summed E-state index contributed by atoms with van der Waals surface area (Å²) in [4.78, 5) is 38.2. The summed E-state index contributed by atoms with van der Waals surface area (Å²) in [6, 6.07) is 23.1. The van der Waals surface area contributed by atoms with E-state index in [-0.39, 0.29) is 24.8 Å². The number of amides is 4. The molecule has 2 N–H and O–H groups in total. The molecule has 33 heavy (non-hydrogen) atoms. The fourth-order valence-electron chi connectivity index (χ4n) is 3.23. The average molecular weight is 506 g/mol. The second kappa shape index (κ2) is 10.1. The van der Waals surface area contributed by atoms with E-state index in [0.29, 0.717) is 21.5 Å².